The third-order valence-corrected chi connectivity index (χ3v) is 5.50. The summed E-state index contributed by atoms with van der Waals surface area (Å²) in [4.78, 5) is 12.2. The van der Waals surface area contributed by atoms with Gasteiger partial charge >= 0.3 is 0 Å². The Morgan fingerprint density at radius 2 is 1.89 bits per heavy atom. The van der Waals surface area contributed by atoms with Gasteiger partial charge in [-0.15, -0.1) is 0 Å². The van der Waals surface area contributed by atoms with Crippen LogP contribution in [0.15, 0.2) is 29.3 Å². The molecule has 2 heterocycles. The molecule has 0 unspecified atom stereocenters. The molecule has 1 amide bonds. The minimum Gasteiger partial charge on any atom is -0.380 e. The van der Waals surface area contributed by atoms with Gasteiger partial charge in [0.1, 0.15) is 10.6 Å². The normalized spacial score (nSPS) is 17.3. The maximum atomic E-state index is 13.3. The van der Waals surface area contributed by atoms with E-state index >= 15 is 0 Å². The SMILES string of the molecule is Cn1cc(S(=O)(=O)N[C@H]2CCOC2)cc1C(=O)Nc1cc(F)c(F)c(F)c1. The molecule has 1 atom stereocenters. The fraction of sp³-hybridized carbons (Fsp3) is 0.312. The van der Waals surface area contributed by atoms with Crippen LogP contribution in [0.3, 0.4) is 0 Å². The van der Waals surface area contributed by atoms with E-state index in [1.54, 1.807) is 0 Å². The van der Waals surface area contributed by atoms with Gasteiger partial charge in [0.25, 0.3) is 5.91 Å². The minimum absolute atomic E-state index is 0.0665. The maximum Gasteiger partial charge on any atom is 0.272 e. The Kier molecular flexibility index (Phi) is 5.27. The Morgan fingerprint density at radius 1 is 1.22 bits per heavy atom. The molecule has 1 aromatic carbocycles. The van der Waals surface area contributed by atoms with Crippen molar-refractivity contribution in [1.29, 1.82) is 0 Å². The molecule has 1 fully saturated rings. The number of hydrogen-bond donors (Lipinski definition) is 2. The first kappa shape index (κ1) is 19.4. The van der Waals surface area contributed by atoms with Crippen molar-refractivity contribution in [3.8, 4) is 0 Å². The molecule has 2 N–H and O–H groups in total. The number of nitrogens with one attached hydrogen (secondary N) is 2. The van der Waals surface area contributed by atoms with Crippen LogP contribution in [0.4, 0.5) is 18.9 Å². The largest absolute Gasteiger partial charge is 0.380 e. The number of aryl methyl sites for hydroxylation is 1. The zero-order valence-corrected chi connectivity index (χ0v) is 14.9. The van der Waals surface area contributed by atoms with Crippen LogP contribution < -0.4 is 10.0 Å². The number of nitrogens with zero attached hydrogens (tertiary/aromatic N) is 1. The molecule has 0 saturated carbocycles. The number of benzene rings is 1. The number of ether oxygens (including phenoxy) is 1. The van der Waals surface area contributed by atoms with Gasteiger partial charge in [0.2, 0.25) is 10.0 Å². The summed E-state index contributed by atoms with van der Waals surface area (Å²) in [5, 5.41) is 2.20. The molecule has 7 nitrogen and oxygen atoms in total. The van der Waals surface area contributed by atoms with E-state index in [4.69, 9.17) is 4.74 Å². The molecule has 1 saturated heterocycles. The summed E-state index contributed by atoms with van der Waals surface area (Å²) >= 11 is 0. The molecular weight excluding hydrogens is 387 g/mol. The third-order valence-electron chi connectivity index (χ3n) is 4.02. The second-order valence-corrected chi connectivity index (χ2v) is 7.78. The topological polar surface area (TPSA) is 89.4 Å². The van der Waals surface area contributed by atoms with E-state index in [0.717, 1.165) is 6.07 Å². The number of carbonyl (C=O) groups excluding carboxylic acids is 1. The van der Waals surface area contributed by atoms with Gasteiger partial charge in [-0.25, -0.2) is 26.3 Å². The van der Waals surface area contributed by atoms with Crippen molar-refractivity contribution in [3.63, 3.8) is 0 Å². The van der Waals surface area contributed by atoms with Crippen molar-refractivity contribution in [1.82, 2.24) is 9.29 Å². The molecule has 0 aliphatic carbocycles. The van der Waals surface area contributed by atoms with Crippen molar-refractivity contribution in [2.24, 2.45) is 7.05 Å². The average molecular weight is 403 g/mol. The molecule has 2 aromatic rings. The van der Waals surface area contributed by atoms with Gasteiger partial charge in [0, 0.05) is 43.7 Å². The van der Waals surface area contributed by atoms with Gasteiger partial charge in [0.05, 0.1) is 6.61 Å². The smallest absolute Gasteiger partial charge is 0.272 e. The van der Waals surface area contributed by atoms with E-state index < -0.39 is 33.4 Å². The number of aromatic nitrogens is 1. The van der Waals surface area contributed by atoms with E-state index in [1.807, 2.05) is 0 Å². The number of halogens is 3. The van der Waals surface area contributed by atoms with Gasteiger partial charge < -0.3 is 14.6 Å². The maximum absolute atomic E-state index is 13.3. The first-order valence-corrected chi connectivity index (χ1v) is 9.38. The number of hydrogen-bond acceptors (Lipinski definition) is 4. The van der Waals surface area contributed by atoms with Crippen LogP contribution in [0, 0.1) is 17.5 Å². The fourth-order valence-electron chi connectivity index (χ4n) is 2.64. The molecule has 27 heavy (non-hydrogen) atoms. The summed E-state index contributed by atoms with van der Waals surface area (Å²) < 4.78 is 73.2. The van der Waals surface area contributed by atoms with Crippen LogP contribution in [0.25, 0.3) is 0 Å². The van der Waals surface area contributed by atoms with Crippen LogP contribution in [0.1, 0.15) is 16.9 Å². The van der Waals surface area contributed by atoms with Crippen molar-refractivity contribution in [3.05, 3.63) is 47.5 Å². The summed E-state index contributed by atoms with van der Waals surface area (Å²) in [5.74, 6) is -5.37. The highest BCUT2D eigenvalue weighted by Gasteiger charge is 2.26. The number of amides is 1. The van der Waals surface area contributed by atoms with Gasteiger partial charge in [-0.3, -0.25) is 4.79 Å². The molecule has 1 aliphatic heterocycles. The number of carbonyl (C=O) groups is 1. The van der Waals surface area contributed by atoms with Gasteiger partial charge in [-0.05, 0) is 12.5 Å². The second-order valence-electron chi connectivity index (χ2n) is 6.06. The zero-order valence-electron chi connectivity index (χ0n) is 14.1. The van der Waals surface area contributed by atoms with E-state index in [-0.39, 0.29) is 28.9 Å². The number of sulfonamides is 1. The highest BCUT2D eigenvalue weighted by molar-refractivity contribution is 7.89. The minimum atomic E-state index is -3.87. The van der Waals surface area contributed by atoms with E-state index in [0.29, 0.717) is 25.2 Å². The Hall–Kier alpha value is -2.37. The zero-order chi connectivity index (χ0) is 19.8. The lowest BCUT2D eigenvalue weighted by Gasteiger charge is -2.09. The number of anilines is 1. The Labute approximate surface area is 153 Å². The van der Waals surface area contributed by atoms with E-state index in [9.17, 15) is 26.4 Å². The lowest BCUT2D eigenvalue weighted by Crippen LogP contribution is -2.34. The molecular formula is C16H16F3N3O4S. The monoisotopic (exact) mass is 403 g/mol. The van der Waals surface area contributed by atoms with Gasteiger partial charge in [0.15, 0.2) is 17.5 Å². The van der Waals surface area contributed by atoms with Gasteiger partial charge in [-0.1, -0.05) is 0 Å². The highest BCUT2D eigenvalue weighted by atomic mass is 32.2. The molecule has 146 valence electrons. The summed E-state index contributed by atoms with van der Waals surface area (Å²) in [6.07, 6.45) is 1.78. The predicted molar refractivity (Wildman–Crippen MR) is 89.2 cm³/mol. The first-order chi connectivity index (χ1) is 12.7. The Morgan fingerprint density at radius 3 is 2.48 bits per heavy atom. The van der Waals surface area contributed by atoms with Crippen LogP contribution in [0.5, 0.6) is 0 Å². The standard InChI is InChI=1S/C16H16F3N3O4S/c1-22-7-11(27(24,25)21-9-2-3-26-8-9)6-14(22)16(23)20-10-4-12(17)15(19)13(18)5-10/h4-7,9,21H,2-3,8H2,1H3,(H,20,23)/t9-/m0/s1. The Balaban J connectivity index is 1.80. The molecule has 0 spiro atoms. The van der Waals surface area contributed by atoms with E-state index in [2.05, 4.69) is 10.0 Å². The van der Waals surface area contributed by atoms with Crippen molar-refractivity contribution in [2.45, 2.75) is 17.4 Å². The lowest BCUT2D eigenvalue weighted by atomic mass is 10.2. The summed E-state index contributed by atoms with van der Waals surface area (Å²) in [5.41, 5.74) is -0.369. The molecule has 1 aromatic heterocycles. The summed E-state index contributed by atoms with van der Waals surface area (Å²) in [6, 6.07) is 2.03. The molecule has 3 rings (SSSR count). The predicted octanol–water partition coefficient (Wildman–Crippen LogP) is 1.76. The summed E-state index contributed by atoms with van der Waals surface area (Å²) in [7, 11) is -2.43. The molecule has 1 aliphatic rings. The second kappa shape index (κ2) is 7.33. The first-order valence-electron chi connectivity index (χ1n) is 7.89. The average Bonchev–Trinajstić information content (AvgIpc) is 3.21. The lowest BCUT2D eigenvalue weighted by molar-refractivity contribution is 0.101. The van der Waals surface area contributed by atoms with Crippen LogP contribution >= 0.6 is 0 Å². The summed E-state index contributed by atoms with van der Waals surface area (Å²) in [6.45, 7) is 0.724. The van der Waals surface area contributed by atoms with Gasteiger partial charge in [-0.2, -0.15) is 0 Å². The highest BCUT2D eigenvalue weighted by Crippen LogP contribution is 2.20. The van der Waals surface area contributed by atoms with Crippen LogP contribution in [-0.4, -0.2) is 38.1 Å². The van der Waals surface area contributed by atoms with Crippen molar-refractivity contribution < 1.29 is 31.1 Å². The quantitative estimate of drug-likeness (QED) is 0.745. The van der Waals surface area contributed by atoms with E-state index in [1.165, 1.54) is 17.8 Å². The number of rotatable bonds is 5. The molecule has 0 bridgehead atoms. The van der Waals surface area contributed by atoms with Crippen LogP contribution in [-0.2, 0) is 21.8 Å². The van der Waals surface area contributed by atoms with Crippen molar-refractivity contribution >= 4 is 21.6 Å². The molecule has 11 heteroatoms. The third kappa shape index (κ3) is 4.15. The van der Waals surface area contributed by atoms with Crippen molar-refractivity contribution in [2.75, 3.05) is 18.5 Å². The fourth-order valence-corrected chi connectivity index (χ4v) is 3.97. The Bertz CT molecular complexity index is 962. The molecule has 0 radical (unpaired) electrons. The van der Waals surface area contributed by atoms with Crippen LogP contribution in [0.2, 0.25) is 0 Å².